The second kappa shape index (κ2) is 7.29. The Hall–Kier alpha value is -2.04. The van der Waals surface area contributed by atoms with Gasteiger partial charge in [0.2, 0.25) is 5.91 Å². The van der Waals surface area contributed by atoms with Gasteiger partial charge in [-0.2, -0.15) is 0 Å². The average Bonchev–Trinajstić information content (AvgIpc) is 2.54. The lowest BCUT2D eigenvalue weighted by Gasteiger charge is -2.28. The molecular formula is C17H23NO4. The first kappa shape index (κ1) is 16.3. The van der Waals surface area contributed by atoms with Crippen LogP contribution in [0, 0.1) is 11.8 Å². The van der Waals surface area contributed by atoms with Crippen molar-refractivity contribution in [2.24, 2.45) is 11.8 Å². The predicted octanol–water partition coefficient (Wildman–Crippen LogP) is 2.76. The van der Waals surface area contributed by atoms with Crippen LogP contribution in [0.1, 0.15) is 44.2 Å². The van der Waals surface area contributed by atoms with Crippen molar-refractivity contribution in [3.63, 3.8) is 0 Å². The summed E-state index contributed by atoms with van der Waals surface area (Å²) in [5.41, 5.74) is 0.969. The van der Waals surface area contributed by atoms with Crippen LogP contribution in [0.3, 0.4) is 0 Å². The molecule has 0 aliphatic heterocycles. The molecule has 0 radical (unpaired) electrons. The Morgan fingerprint density at radius 2 is 1.77 bits per heavy atom. The highest BCUT2D eigenvalue weighted by molar-refractivity contribution is 5.85. The molecule has 0 spiro atoms. The zero-order chi connectivity index (χ0) is 16.1. The predicted molar refractivity (Wildman–Crippen MR) is 82.6 cm³/mol. The number of nitrogens with one attached hydrogen (secondary N) is 1. The van der Waals surface area contributed by atoms with Gasteiger partial charge in [-0.1, -0.05) is 25.0 Å². The fourth-order valence-electron chi connectivity index (χ4n) is 3.04. The number of benzene rings is 1. The highest BCUT2D eigenvalue weighted by Crippen LogP contribution is 2.31. The number of carbonyl (C=O) groups is 2. The molecule has 22 heavy (non-hydrogen) atoms. The lowest BCUT2D eigenvalue weighted by molar-refractivity contribution is -0.149. The third kappa shape index (κ3) is 3.78. The largest absolute Gasteiger partial charge is 0.497 e. The summed E-state index contributed by atoms with van der Waals surface area (Å²) in [5, 5.41) is 12.2. The zero-order valence-corrected chi connectivity index (χ0v) is 13.0. The van der Waals surface area contributed by atoms with Crippen LogP contribution in [0.25, 0.3) is 0 Å². The van der Waals surface area contributed by atoms with Crippen LogP contribution < -0.4 is 10.1 Å². The van der Waals surface area contributed by atoms with Gasteiger partial charge >= 0.3 is 5.97 Å². The maximum absolute atomic E-state index is 12.4. The first-order chi connectivity index (χ1) is 10.5. The van der Waals surface area contributed by atoms with E-state index in [0.717, 1.165) is 24.2 Å². The number of methoxy groups -OCH3 is 1. The minimum absolute atomic E-state index is 0.157. The van der Waals surface area contributed by atoms with Gasteiger partial charge in [0, 0.05) is 0 Å². The van der Waals surface area contributed by atoms with Gasteiger partial charge in [-0.15, -0.1) is 0 Å². The van der Waals surface area contributed by atoms with Crippen LogP contribution in [0.2, 0.25) is 0 Å². The van der Waals surface area contributed by atoms with Crippen LogP contribution in [-0.2, 0) is 9.59 Å². The van der Waals surface area contributed by atoms with Crippen molar-refractivity contribution in [3.8, 4) is 5.75 Å². The van der Waals surface area contributed by atoms with Crippen LogP contribution in [0.5, 0.6) is 5.75 Å². The van der Waals surface area contributed by atoms with E-state index in [1.807, 2.05) is 31.2 Å². The maximum Gasteiger partial charge on any atom is 0.307 e. The maximum atomic E-state index is 12.4. The number of hydrogen-bond acceptors (Lipinski definition) is 3. The summed E-state index contributed by atoms with van der Waals surface area (Å²) in [6, 6.07) is 7.34. The number of ether oxygens (including phenoxy) is 1. The van der Waals surface area contributed by atoms with E-state index >= 15 is 0 Å². The molecule has 0 bridgehead atoms. The van der Waals surface area contributed by atoms with Crippen molar-refractivity contribution in [1.29, 1.82) is 0 Å². The van der Waals surface area contributed by atoms with Gasteiger partial charge in [-0.05, 0) is 37.5 Å². The Balaban J connectivity index is 2.01. The average molecular weight is 305 g/mol. The summed E-state index contributed by atoms with van der Waals surface area (Å²) in [6.07, 6.45) is 3.04. The Morgan fingerprint density at radius 1 is 1.18 bits per heavy atom. The van der Waals surface area contributed by atoms with Gasteiger partial charge in [0.05, 0.1) is 25.0 Å². The molecule has 5 heteroatoms. The van der Waals surface area contributed by atoms with E-state index in [1.54, 1.807) is 7.11 Å². The molecule has 1 amide bonds. The summed E-state index contributed by atoms with van der Waals surface area (Å²) in [5.74, 6) is -1.24. The SMILES string of the molecule is COc1ccc([C@H](C)NC(=O)[C@H]2CCCC[C@@H]2C(=O)O)cc1. The molecule has 1 aromatic carbocycles. The van der Waals surface area contributed by atoms with Crippen molar-refractivity contribution >= 4 is 11.9 Å². The number of amides is 1. The Morgan fingerprint density at radius 3 is 2.32 bits per heavy atom. The number of rotatable bonds is 5. The smallest absolute Gasteiger partial charge is 0.307 e. The van der Waals surface area contributed by atoms with Crippen LogP contribution in [0.4, 0.5) is 0 Å². The van der Waals surface area contributed by atoms with Gasteiger partial charge in [-0.3, -0.25) is 9.59 Å². The molecule has 1 aliphatic carbocycles. The third-order valence-electron chi connectivity index (χ3n) is 4.39. The molecular weight excluding hydrogens is 282 g/mol. The van der Waals surface area contributed by atoms with Crippen LogP contribution in [-0.4, -0.2) is 24.1 Å². The van der Waals surface area contributed by atoms with Gasteiger partial charge in [-0.25, -0.2) is 0 Å². The number of aliphatic carboxylic acids is 1. The molecule has 0 unspecified atom stereocenters. The third-order valence-corrected chi connectivity index (χ3v) is 4.39. The van der Waals surface area contributed by atoms with E-state index < -0.39 is 17.8 Å². The molecule has 1 aliphatic rings. The summed E-state index contributed by atoms with van der Waals surface area (Å²) >= 11 is 0. The first-order valence-corrected chi connectivity index (χ1v) is 7.70. The molecule has 0 aromatic heterocycles. The van der Waals surface area contributed by atoms with Crippen molar-refractivity contribution in [2.45, 2.75) is 38.6 Å². The van der Waals surface area contributed by atoms with Crippen molar-refractivity contribution in [3.05, 3.63) is 29.8 Å². The molecule has 3 atom stereocenters. The summed E-state index contributed by atoms with van der Waals surface area (Å²) in [4.78, 5) is 23.7. The molecule has 0 saturated heterocycles. The summed E-state index contributed by atoms with van der Waals surface area (Å²) in [6.45, 7) is 1.90. The minimum atomic E-state index is -0.864. The van der Waals surface area contributed by atoms with Crippen molar-refractivity contribution < 1.29 is 19.4 Å². The van der Waals surface area contributed by atoms with Gasteiger partial charge in [0.1, 0.15) is 5.75 Å². The van der Waals surface area contributed by atoms with Gasteiger partial charge in [0.15, 0.2) is 0 Å². The normalized spacial score (nSPS) is 22.6. The van der Waals surface area contributed by atoms with Crippen LogP contribution >= 0.6 is 0 Å². The topological polar surface area (TPSA) is 75.6 Å². The Kier molecular flexibility index (Phi) is 5.41. The van der Waals surface area contributed by atoms with E-state index in [2.05, 4.69) is 5.32 Å². The van der Waals surface area contributed by atoms with E-state index in [0.29, 0.717) is 12.8 Å². The molecule has 120 valence electrons. The molecule has 1 fully saturated rings. The van der Waals surface area contributed by atoms with Gasteiger partial charge < -0.3 is 15.2 Å². The Labute approximate surface area is 130 Å². The molecule has 5 nitrogen and oxygen atoms in total. The summed E-state index contributed by atoms with van der Waals surface area (Å²) in [7, 11) is 1.61. The quantitative estimate of drug-likeness (QED) is 0.877. The highest BCUT2D eigenvalue weighted by atomic mass is 16.5. The number of carbonyl (C=O) groups excluding carboxylic acids is 1. The number of carboxylic acid groups (broad SMARTS) is 1. The van der Waals surface area contributed by atoms with Crippen molar-refractivity contribution in [1.82, 2.24) is 5.32 Å². The second-order valence-corrected chi connectivity index (χ2v) is 5.84. The van der Waals surface area contributed by atoms with E-state index in [1.165, 1.54) is 0 Å². The van der Waals surface area contributed by atoms with E-state index in [-0.39, 0.29) is 11.9 Å². The van der Waals surface area contributed by atoms with E-state index in [9.17, 15) is 14.7 Å². The summed E-state index contributed by atoms with van der Waals surface area (Å²) < 4.78 is 5.11. The number of carboxylic acids is 1. The monoisotopic (exact) mass is 305 g/mol. The lowest BCUT2D eigenvalue weighted by Crippen LogP contribution is -2.40. The van der Waals surface area contributed by atoms with Gasteiger partial charge in [0.25, 0.3) is 0 Å². The number of hydrogen-bond donors (Lipinski definition) is 2. The molecule has 0 heterocycles. The molecule has 2 rings (SSSR count). The second-order valence-electron chi connectivity index (χ2n) is 5.84. The molecule has 2 N–H and O–H groups in total. The Bertz CT molecular complexity index is 526. The highest BCUT2D eigenvalue weighted by Gasteiger charge is 2.36. The fourth-order valence-corrected chi connectivity index (χ4v) is 3.04. The fraction of sp³-hybridized carbons (Fsp3) is 0.529. The van der Waals surface area contributed by atoms with E-state index in [4.69, 9.17) is 4.74 Å². The van der Waals surface area contributed by atoms with Crippen molar-refractivity contribution in [2.75, 3.05) is 7.11 Å². The first-order valence-electron chi connectivity index (χ1n) is 7.70. The standard InChI is InChI=1S/C17H23NO4/c1-11(12-7-9-13(22-2)10-8-12)18-16(19)14-5-3-4-6-15(14)17(20)21/h7-11,14-15H,3-6H2,1-2H3,(H,18,19)(H,20,21)/t11-,14-,15-/m0/s1. The van der Waals surface area contributed by atoms with Crippen LogP contribution in [0.15, 0.2) is 24.3 Å². The molecule has 1 aromatic rings. The zero-order valence-electron chi connectivity index (χ0n) is 13.0. The molecule has 1 saturated carbocycles. The lowest BCUT2D eigenvalue weighted by atomic mass is 9.78. The minimum Gasteiger partial charge on any atom is -0.497 e.